The number of aryl methyl sites for hydroxylation is 1. The summed E-state index contributed by atoms with van der Waals surface area (Å²) in [6.07, 6.45) is 0.617. The average Bonchev–Trinajstić information content (AvgIpc) is 3.02. The topological polar surface area (TPSA) is 51.7 Å². The number of carbonyl (C=O) groups is 1. The van der Waals surface area contributed by atoms with E-state index in [9.17, 15) is 9.18 Å². The maximum absolute atomic E-state index is 13.8. The van der Waals surface area contributed by atoms with E-state index in [2.05, 4.69) is 4.98 Å². The number of amides is 1. The minimum absolute atomic E-state index is 0.105. The summed E-state index contributed by atoms with van der Waals surface area (Å²) < 4.78 is 24.5. The van der Waals surface area contributed by atoms with Crippen molar-refractivity contribution in [2.75, 3.05) is 20.2 Å². The van der Waals surface area contributed by atoms with Crippen LogP contribution in [-0.4, -0.2) is 42.1 Å². The summed E-state index contributed by atoms with van der Waals surface area (Å²) in [5.41, 5.74) is 1.19. The molecule has 0 unspecified atom stereocenters. The second kappa shape index (κ2) is 6.86. The lowest BCUT2D eigenvalue weighted by Crippen LogP contribution is -2.31. The highest BCUT2D eigenvalue weighted by Gasteiger charge is 2.29. The van der Waals surface area contributed by atoms with Gasteiger partial charge in [0.05, 0.1) is 13.7 Å². The number of halogens is 1. The Balaban J connectivity index is 1.64. The van der Waals surface area contributed by atoms with Gasteiger partial charge in [-0.1, -0.05) is 6.07 Å². The monoisotopic (exact) mass is 330 g/mol. The molecular formula is C18H19FN2O3. The lowest BCUT2D eigenvalue weighted by Gasteiger charge is -2.17. The molecule has 0 aliphatic carbocycles. The molecule has 1 fully saturated rings. The molecule has 0 bridgehead atoms. The lowest BCUT2D eigenvalue weighted by molar-refractivity contribution is 0.0770. The molecule has 126 valence electrons. The fourth-order valence-electron chi connectivity index (χ4n) is 2.75. The number of methoxy groups -OCH3 is 1. The van der Waals surface area contributed by atoms with Crippen LogP contribution in [0.2, 0.25) is 0 Å². The molecular weight excluding hydrogens is 311 g/mol. The number of hydrogen-bond donors (Lipinski definition) is 0. The van der Waals surface area contributed by atoms with Gasteiger partial charge in [0.1, 0.15) is 6.10 Å². The molecule has 1 aromatic heterocycles. The van der Waals surface area contributed by atoms with Gasteiger partial charge < -0.3 is 14.4 Å². The zero-order chi connectivity index (χ0) is 17.1. The van der Waals surface area contributed by atoms with Gasteiger partial charge in [-0.2, -0.15) is 0 Å². The lowest BCUT2D eigenvalue weighted by atomic mass is 10.2. The Labute approximate surface area is 140 Å². The number of hydrogen-bond acceptors (Lipinski definition) is 4. The highest BCUT2D eigenvalue weighted by atomic mass is 19.1. The number of benzene rings is 1. The number of nitrogens with zero attached hydrogens (tertiary/aromatic N) is 2. The van der Waals surface area contributed by atoms with Gasteiger partial charge in [0.25, 0.3) is 5.91 Å². The van der Waals surface area contributed by atoms with Crippen molar-refractivity contribution in [1.82, 2.24) is 9.88 Å². The number of carbonyl (C=O) groups excluding carboxylic acids is 1. The molecule has 0 spiro atoms. The molecule has 1 atom stereocenters. The van der Waals surface area contributed by atoms with Crippen molar-refractivity contribution in [2.24, 2.45) is 0 Å². The van der Waals surface area contributed by atoms with E-state index in [0.717, 1.165) is 12.1 Å². The predicted octanol–water partition coefficient (Wildman–Crippen LogP) is 2.83. The summed E-state index contributed by atoms with van der Waals surface area (Å²) >= 11 is 0. The Kier molecular flexibility index (Phi) is 4.64. The summed E-state index contributed by atoms with van der Waals surface area (Å²) in [5.74, 6) is -0.0661. The summed E-state index contributed by atoms with van der Waals surface area (Å²) in [4.78, 5) is 18.5. The Hall–Kier alpha value is -2.63. The second-order valence-electron chi connectivity index (χ2n) is 5.75. The molecule has 0 radical (unpaired) electrons. The van der Waals surface area contributed by atoms with Crippen LogP contribution in [0.25, 0.3) is 0 Å². The first-order chi connectivity index (χ1) is 11.6. The van der Waals surface area contributed by atoms with E-state index < -0.39 is 5.82 Å². The van der Waals surface area contributed by atoms with E-state index >= 15 is 0 Å². The van der Waals surface area contributed by atoms with E-state index in [-0.39, 0.29) is 17.8 Å². The normalized spacial score (nSPS) is 17.0. The fourth-order valence-corrected chi connectivity index (χ4v) is 2.75. The van der Waals surface area contributed by atoms with Crippen LogP contribution in [0.3, 0.4) is 0 Å². The van der Waals surface area contributed by atoms with E-state index in [0.29, 0.717) is 24.5 Å². The third-order valence-corrected chi connectivity index (χ3v) is 3.98. The smallest absolute Gasteiger partial charge is 0.254 e. The van der Waals surface area contributed by atoms with Crippen LogP contribution in [-0.2, 0) is 0 Å². The molecule has 2 heterocycles. The van der Waals surface area contributed by atoms with Crippen LogP contribution < -0.4 is 9.47 Å². The highest BCUT2D eigenvalue weighted by Crippen LogP contribution is 2.22. The SMILES string of the molecule is COc1ccc(C(=O)N2CC[C@H](Oc3cccc(C)n3)C2)cc1F. The molecule has 2 aromatic rings. The first-order valence-electron chi connectivity index (χ1n) is 7.80. The second-order valence-corrected chi connectivity index (χ2v) is 5.75. The molecule has 3 rings (SSSR count). The summed E-state index contributed by atoms with van der Waals surface area (Å²) in [6, 6.07) is 9.82. The Morgan fingerprint density at radius 3 is 2.88 bits per heavy atom. The van der Waals surface area contributed by atoms with Crippen molar-refractivity contribution in [3.8, 4) is 11.6 Å². The number of pyridine rings is 1. The molecule has 6 heteroatoms. The molecule has 1 saturated heterocycles. The maximum atomic E-state index is 13.8. The number of rotatable bonds is 4. The Morgan fingerprint density at radius 1 is 1.33 bits per heavy atom. The van der Waals surface area contributed by atoms with Crippen molar-refractivity contribution in [3.63, 3.8) is 0 Å². The van der Waals surface area contributed by atoms with Gasteiger partial charge in [0.2, 0.25) is 5.88 Å². The minimum Gasteiger partial charge on any atom is -0.494 e. The molecule has 1 aliphatic heterocycles. The van der Waals surface area contributed by atoms with Gasteiger partial charge in [-0.05, 0) is 31.2 Å². The molecule has 5 nitrogen and oxygen atoms in total. The summed E-state index contributed by atoms with van der Waals surface area (Å²) in [6.45, 7) is 2.93. The van der Waals surface area contributed by atoms with Crippen LogP contribution >= 0.6 is 0 Å². The van der Waals surface area contributed by atoms with Gasteiger partial charge in [-0.15, -0.1) is 0 Å². The van der Waals surface area contributed by atoms with Gasteiger partial charge in [0, 0.05) is 30.3 Å². The number of aromatic nitrogens is 1. The summed E-state index contributed by atoms with van der Waals surface area (Å²) in [5, 5.41) is 0. The minimum atomic E-state index is -0.542. The zero-order valence-electron chi connectivity index (χ0n) is 13.7. The molecule has 0 N–H and O–H groups in total. The number of ether oxygens (including phenoxy) is 2. The number of likely N-dealkylation sites (tertiary alicyclic amines) is 1. The van der Waals surface area contributed by atoms with Gasteiger partial charge in [-0.3, -0.25) is 4.79 Å². The van der Waals surface area contributed by atoms with E-state index in [1.54, 1.807) is 17.0 Å². The third-order valence-electron chi connectivity index (χ3n) is 3.98. The van der Waals surface area contributed by atoms with E-state index in [1.807, 2.05) is 19.1 Å². The highest BCUT2D eigenvalue weighted by molar-refractivity contribution is 5.94. The third kappa shape index (κ3) is 3.48. The first kappa shape index (κ1) is 16.2. The van der Waals surface area contributed by atoms with Gasteiger partial charge in [0.15, 0.2) is 11.6 Å². The predicted molar refractivity (Wildman–Crippen MR) is 86.9 cm³/mol. The van der Waals surface area contributed by atoms with E-state index in [1.165, 1.54) is 19.2 Å². The average molecular weight is 330 g/mol. The molecule has 1 aromatic carbocycles. The molecule has 1 aliphatic rings. The van der Waals surface area contributed by atoms with Crippen LogP contribution in [0.5, 0.6) is 11.6 Å². The quantitative estimate of drug-likeness (QED) is 0.865. The van der Waals surface area contributed by atoms with Crippen molar-refractivity contribution in [3.05, 3.63) is 53.5 Å². The molecule has 24 heavy (non-hydrogen) atoms. The first-order valence-corrected chi connectivity index (χ1v) is 7.80. The van der Waals surface area contributed by atoms with Crippen LogP contribution in [0.4, 0.5) is 4.39 Å². The van der Waals surface area contributed by atoms with Crippen molar-refractivity contribution >= 4 is 5.91 Å². The Bertz CT molecular complexity index is 751. The molecule has 1 amide bonds. The van der Waals surface area contributed by atoms with Gasteiger partial charge >= 0.3 is 0 Å². The largest absolute Gasteiger partial charge is 0.494 e. The fraction of sp³-hybridized carbons (Fsp3) is 0.333. The maximum Gasteiger partial charge on any atom is 0.254 e. The van der Waals surface area contributed by atoms with Crippen molar-refractivity contribution < 1.29 is 18.7 Å². The zero-order valence-corrected chi connectivity index (χ0v) is 13.7. The van der Waals surface area contributed by atoms with Crippen molar-refractivity contribution in [1.29, 1.82) is 0 Å². The van der Waals surface area contributed by atoms with Gasteiger partial charge in [-0.25, -0.2) is 9.37 Å². The molecule has 0 saturated carbocycles. The van der Waals surface area contributed by atoms with Crippen LogP contribution in [0.15, 0.2) is 36.4 Å². The summed E-state index contributed by atoms with van der Waals surface area (Å²) in [7, 11) is 1.39. The van der Waals surface area contributed by atoms with Crippen LogP contribution in [0, 0.1) is 12.7 Å². The standard InChI is InChI=1S/C18H19FN2O3/c1-12-4-3-5-17(20-12)24-14-8-9-21(11-14)18(22)13-6-7-16(23-2)15(19)10-13/h3-7,10,14H,8-9,11H2,1-2H3/t14-/m0/s1. The van der Waals surface area contributed by atoms with Crippen molar-refractivity contribution in [2.45, 2.75) is 19.4 Å². The van der Waals surface area contributed by atoms with E-state index in [4.69, 9.17) is 9.47 Å². The Morgan fingerprint density at radius 2 is 2.17 bits per heavy atom. The van der Waals surface area contributed by atoms with Crippen LogP contribution in [0.1, 0.15) is 22.5 Å².